The van der Waals surface area contributed by atoms with Crippen LogP contribution in [0.2, 0.25) is 0 Å². The van der Waals surface area contributed by atoms with Crippen molar-refractivity contribution in [3.05, 3.63) is 27.6 Å². The minimum absolute atomic E-state index is 0.0526. The number of carbonyl (C=O) groups is 1. The van der Waals surface area contributed by atoms with E-state index in [1.54, 1.807) is 12.4 Å². The maximum atomic E-state index is 11.8. The molecule has 1 N–H and O–H groups in total. The van der Waals surface area contributed by atoms with Crippen molar-refractivity contribution in [2.24, 2.45) is 0 Å². The van der Waals surface area contributed by atoms with E-state index in [9.17, 15) is 4.79 Å². The second-order valence-electron chi connectivity index (χ2n) is 3.67. The van der Waals surface area contributed by atoms with Crippen LogP contribution in [0.25, 0.3) is 0 Å². The third-order valence-corrected chi connectivity index (χ3v) is 3.17. The SMILES string of the molecule is CCN(CC)CCNC(=O)c1cncc([131I])c1. The molecule has 0 saturated heterocycles. The van der Waals surface area contributed by atoms with Gasteiger partial charge in [-0.3, -0.25) is 9.78 Å². The highest BCUT2D eigenvalue weighted by atomic mass is 131. The molecule has 0 atom stereocenters. The zero-order chi connectivity index (χ0) is 12.7. The first-order chi connectivity index (χ1) is 8.17. The lowest BCUT2D eigenvalue weighted by Gasteiger charge is -2.17. The van der Waals surface area contributed by atoms with E-state index >= 15 is 0 Å². The largest absolute Gasteiger partial charge is 0.351 e. The summed E-state index contributed by atoms with van der Waals surface area (Å²) in [6.07, 6.45) is 3.32. The lowest BCUT2D eigenvalue weighted by molar-refractivity contribution is 0.0948. The van der Waals surface area contributed by atoms with Crippen molar-refractivity contribution >= 4 is 28.5 Å². The topological polar surface area (TPSA) is 45.2 Å². The molecule has 0 aliphatic rings. The Hall–Kier alpha value is -0.690. The summed E-state index contributed by atoms with van der Waals surface area (Å²) in [5.74, 6) is -0.0526. The summed E-state index contributed by atoms with van der Waals surface area (Å²) in [5.41, 5.74) is 0.622. The molecule has 17 heavy (non-hydrogen) atoms. The molecular formula is C12H18IN3O. The summed E-state index contributed by atoms with van der Waals surface area (Å²) in [6, 6.07) is 1.83. The number of halogens is 1. The van der Waals surface area contributed by atoms with Crippen LogP contribution >= 0.6 is 22.6 Å². The third kappa shape index (κ3) is 4.99. The van der Waals surface area contributed by atoms with Crippen molar-refractivity contribution in [2.75, 3.05) is 26.2 Å². The van der Waals surface area contributed by atoms with Crippen LogP contribution in [0.5, 0.6) is 0 Å². The fourth-order valence-corrected chi connectivity index (χ4v) is 2.00. The highest BCUT2D eigenvalue weighted by Crippen LogP contribution is 2.05. The van der Waals surface area contributed by atoms with Gasteiger partial charge < -0.3 is 10.2 Å². The first-order valence-corrected chi connectivity index (χ1v) is 6.86. The van der Waals surface area contributed by atoms with Gasteiger partial charge in [0.15, 0.2) is 0 Å². The maximum absolute atomic E-state index is 11.8. The van der Waals surface area contributed by atoms with Gasteiger partial charge in [-0.1, -0.05) is 13.8 Å². The van der Waals surface area contributed by atoms with Crippen LogP contribution in [0.3, 0.4) is 0 Å². The molecule has 4 nitrogen and oxygen atoms in total. The van der Waals surface area contributed by atoms with Gasteiger partial charge in [-0.15, -0.1) is 0 Å². The minimum Gasteiger partial charge on any atom is -0.351 e. The second kappa shape index (κ2) is 7.60. The molecule has 0 unspecified atom stereocenters. The normalized spacial score (nSPS) is 10.6. The molecule has 0 aromatic carbocycles. The maximum Gasteiger partial charge on any atom is 0.252 e. The average Bonchev–Trinajstić information content (AvgIpc) is 2.34. The minimum atomic E-state index is -0.0526. The summed E-state index contributed by atoms with van der Waals surface area (Å²) in [5, 5.41) is 2.90. The van der Waals surface area contributed by atoms with E-state index in [-0.39, 0.29) is 5.91 Å². The molecule has 5 heteroatoms. The zero-order valence-electron chi connectivity index (χ0n) is 10.2. The Bertz CT molecular complexity index is 367. The molecule has 1 rings (SSSR count). The van der Waals surface area contributed by atoms with Crippen LogP contribution in [0, 0.1) is 3.57 Å². The Morgan fingerprint density at radius 2 is 2.12 bits per heavy atom. The van der Waals surface area contributed by atoms with Crippen molar-refractivity contribution in [3.63, 3.8) is 0 Å². The molecular weight excluding hydrogens is 333 g/mol. The third-order valence-electron chi connectivity index (χ3n) is 2.58. The first kappa shape index (κ1) is 14.4. The quantitative estimate of drug-likeness (QED) is 0.795. The lowest BCUT2D eigenvalue weighted by atomic mass is 10.3. The number of nitrogens with one attached hydrogen (secondary N) is 1. The Kier molecular flexibility index (Phi) is 6.43. The Balaban J connectivity index is 2.40. The summed E-state index contributed by atoms with van der Waals surface area (Å²) in [7, 11) is 0. The molecule has 0 spiro atoms. The van der Waals surface area contributed by atoms with Crippen molar-refractivity contribution in [3.8, 4) is 0 Å². The number of aromatic nitrogens is 1. The lowest BCUT2D eigenvalue weighted by Crippen LogP contribution is -2.34. The summed E-state index contributed by atoms with van der Waals surface area (Å²) in [6.45, 7) is 7.82. The standard InChI is InChI=1S/C12H18IN3O/c1-3-16(4-2)6-5-15-12(17)10-7-11(13)9-14-8-10/h7-9H,3-6H2,1-2H3,(H,15,17)/i13+4. The monoisotopic (exact) mass is 351 g/mol. The van der Waals surface area contributed by atoms with Gasteiger partial charge in [-0.25, -0.2) is 0 Å². The number of likely N-dealkylation sites (N-methyl/N-ethyl adjacent to an activating group) is 1. The number of pyridine rings is 1. The van der Waals surface area contributed by atoms with Crippen LogP contribution in [0.4, 0.5) is 0 Å². The van der Waals surface area contributed by atoms with E-state index in [2.05, 4.69) is 51.6 Å². The van der Waals surface area contributed by atoms with E-state index in [4.69, 9.17) is 0 Å². The summed E-state index contributed by atoms with van der Waals surface area (Å²) >= 11 is 2.15. The van der Waals surface area contributed by atoms with Crippen molar-refractivity contribution in [1.82, 2.24) is 15.2 Å². The van der Waals surface area contributed by atoms with Gasteiger partial charge in [0.1, 0.15) is 0 Å². The molecule has 0 saturated carbocycles. The number of nitrogens with zero attached hydrogens (tertiary/aromatic N) is 2. The Morgan fingerprint density at radius 1 is 1.41 bits per heavy atom. The van der Waals surface area contributed by atoms with Crippen molar-refractivity contribution in [2.45, 2.75) is 13.8 Å². The highest BCUT2D eigenvalue weighted by Gasteiger charge is 2.06. The van der Waals surface area contributed by atoms with E-state index in [0.29, 0.717) is 12.1 Å². The number of hydrogen-bond acceptors (Lipinski definition) is 3. The van der Waals surface area contributed by atoms with Gasteiger partial charge in [0, 0.05) is 29.1 Å². The van der Waals surface area contributed by atoms with Crippen molar-refractivity contribution in [1.29, 1.82) is 0 Å². The molecule has 94 valence electrons. The Labute approximate surface area is 116 Å². The predicted octanol–water partition coefficient (Wildman–Crippen LogP) is 1.76. The predicted molar refractivity (Wildman–Crippen MR) is 77.1 cm³/mol. The van der Waals surface area contributed by atoms with Gasteiger partial charge in [0.25, 0.3) is 5.91 Å². The number of carbonyl (C=O) groups excluding carboxylic acids is 1. The van der Waals surface area contributed by atoms with Crippen LogP contribution in [-0.4, -0.2) is 42.0 Å². The van der Waals surface area contributed by atoms with Gasteiger partial charge in [0.05, 0.1) is 5.56 Å². The zero-order valence-corrected chi connectivity index (χ0v) is 12.4. The van der Waals surface area contributed by atoms with E-state index in [0.717, 1.165) is 23.2 Å². The molecule has 0 fully saturated rings. The molecule has 1 amide bonds. The highest BCUT2D eigenvalue weighted by molar-refractivity contribution is 14.1. The van der Waals surface area contributed by atoms with Crippen LogP contribution in [0.15, 0.2) is 18.5 Å². The molecule has 0 aliphatic carbocycles. The molecule has 0 aliphatic heterocycles. The number of amides is 1. The number of rotatable bonds is 6. The fraction of sp³-hybridized carbons (Fsp3) is 0.500. The Morgan fingerprint density at radius 3 is 2.71 bits per heavy atom. The van der Waals surface area contributed by atoms with Gasteiger partial charge in [0.2, 0.25) is 0 Å². The average molecular weight is 351 g/mol. The van der Waals surface area contributed by atoms with Crippen molar-refractivity contribution < 1.29 is 4.79 Å². The first-order valence-electron chi connectivity index (χ1n) is 5.78. The van der Waals surface area contributed by atoms with Gasteiger partial charge in [-0.2, -0.15) is 0 Å². The molecule has 1 heterocycles. The fourth-order valence-electron chi connectivity index (χ4n) is 1.51. The van der Waals surface area contributed by atoms with E-state index in [1.807, 2.05) is 6.07 Å². The molecule has 0 bridgehead atoms. The van der Waals surface area contributed by atoms with Crippen LogP contribution in [0.1, 0.15) is 24.2 Å². The van der Waals surface area contributed by atoms with Gasteiger partial charge >= 0.3 is 0 Å². The molecule has 1 aromatic rings. The van der Waals surface area contributed by atoms with Crippen LogP contribution in [-0.2, 0) is 0 Å². The second-order valence-corrected chi connectivity index (χ2v) is 4.92. The smallest absolute Gasteiger partial charge is 0.252 e. The summed E-state index contributed by atoms with van der Waals surface area (Å²) in [4.78, 5) is 18.1. The molecule has 0 radical (unpaired) electrons. The summed E-state index contributed by atoms with van der Waals surface area (Å²) < 4.78 is 0.971. The van der Waals surface area contributed by atoms with E-state index < -0.39 is 0 Å². The number of hydrogen-bond donors (Lipinski definition) is 1. The molecule has 1 aromatic heterocycles. The van der Waals surface area contributed by atoms with Crippen LogP contribution < -0.4 is 5.32 Å². The van der Waals surface area contributed by atoms with Gasteiger partial charge in [-0.05, 0) is 41.7 Å². The van der Waals surface area contributed by atoms with E-state index in [1.165, 1.54) is 0 Å².